The average molecular weight is 438 g/mol. The molecule has 0 aliphatic heterocycles. The smallest absolute Gasteiger partial charge is 0.252 e. The van der Waals surface area contributed by atoms with Crippen molar-refractivity contribution < 1.29 is 9.90 Å². The molecule has 3 nitrogen and oxygen atoms in total. The lowest BCUT2D eigenvalue weighted by molar-refractivity contribution is 0.0662. The second kappa shape index (κ2) is 7.04. The molecule has 2 rings (SSSR count). The lowest BCUT2D eigenvalue weighted by atomic mass is 9.86. The van der Waals surface area contributed by atoms with Gasteiger partial charge in [-0.25, -0.2) is 0 Å². The van der Waals surface area contributed by atoms with Gasteiger partial charge >= 0.3 is 0 Å². The molecule has 1 aliphatic carbocycles. The maximum atomic E-state index is 12.1. The van der Waals surface area contributed by atoms with E-state index in [0.29, 0.717) is 12.1 Å². The first-order chi connectivity index (χ1) is 9.08. The summed E-state index contributed by atoms with van der Waals surface area (Å²) in [5.41, 5.74) is 0.650. The number of aliphatic hydroxyl groups is 1. The summed E-state index contributed by atoms with van der Waals surface area (Å²) >= 11 is 5.58. The topological polar surface area (TPSA) is 49.3 Å². The summed E-state index contributed by atoms with van der Waals surface area (Å²) in [5.74, 6) is 0.113. The van der Waals surface area contributed by atoms with Crippen molar-refractivity contribution in [3.8, 4) is 0 Å². The fraction of sp³-hybridized carbons (Fsp3) is 0.500. The van der Waals surface area contributed by atoms with Crippen LogP contribution in [0.25, 0.3) is 0 Å². The Kier molecular flexibility index (Phi) is 5.65. The molecular formula is C14H17BrINO2. The van der Waals surface area contributed by atoms with Gasteiger partial charge in [-0.1, -0.05) is 12.8 Å². The Bertz CT molecular complexity index is 467. The van der Waals surface area contributed by atoms with Crippen LogP contribution in [0.2, 0.25) is 0 Å². The Morgan fingerprint density at radius 3 is 2.89 bits per heavy atom. The number of halogens is 2. The van der Waals surface area contributed by atoms with Gasteiger partial charge in [0.1, 0.15) is 0 Å². The van der Waals surface area contributed by atoms with Crippen molar-refractivity contribution in [2.75, 3.05) is 6.54 Å². The molecule has 0 aromatic heterocycles. The first kappa shape index (κ1) is 15.3. The maximum absolute atomic E-state index is 12.1. The molecule has 0 saturated heterocycles. The van der Waals surface area contributed by atoms with E-state index in [9.17, 15) is 9.90 Å². The molecule has 1 aliphatic rings. The largest absolute Gasteiger partial charge is 0.393 e. The van der Waals surface area contributed by atoms with Gasteiger partial charge in [0.25, 0.3) is 5.91 Å². The van der Waals surface area contributed by atoms with Gasteiger partial charge in [-0.2, -0.15) is 0 Å². The summed E-state index contributed by atoms with van der Waals surface area (Å²) in [7, 11) is 0. The van der Waals surface area contributed by atoms with E-state index in [0.717, 1.165) is 33.7 Å². The van der Waals surface area contributed by atoms with Crippen LogP contribution in [-0.2, 0) is 0 Å². The molecular weight excluding hydrogens is 421 g/mol. The van der Waals surface area contributed by atoms with Gasteiger partial charge in [0.15, 0.2) is 0 Å². The first-order valence-electron chi connectivity index (χ1n) is 6.49. The SMILES string of the molecule is O=C(NCC1CCCCC1O)c1cc(I)ccc1Br. The van der Waals surface area contributed by atoms with Gasteiger partial charge in [0.05, 0.1) is 11.7 Å². The van der Waals surface area contributed by atoms with E-state index in [1.807, 2.05) is 18.2 Å². The van der Waals surface area contributed by atoms with Gasteiger partial charge in [-0.15, -0.1) is 0 Å². The number of aliphatic hydroxyl groups excluding tert-OH is 1. The number of hydrogen-bond acceptors (Lipinski definition) is 2. The number of nitrogens with one attached hydrogen (secondary N) is 1. The summed E-state index contributed by atoms with van der Waals surface area (Å²) in [6.07, 6.45) is 3.81. The highest BCUT2D eigenvalue weighted by atomic mass is 127. The van der Waals surface area contributed by atoms with Crippen molar-refractivity contribution >= 4 is 44.4 Å². The molecule has 0 heterocycles. The molecule has 1 aromatic carbocycles. The lowest BCUT2D eigenvalue weighted by Gasteiger charge is -2.27. The van der Waals surface area contributed by atoms with Crippen LogP contribution in [0.4, 0.5) is 0 Å². The molecule has 0 radical (unpaired) electrons. The van der Waals surface area contributed by atoms with Crippen molar-refractivity contribution in [2.24, 2.45) is 5.92 Å². The standard InChI is InChI=1S/C14H17BrINO2/c15-12-6-5-10(16)7-11(12)14(19)17-8-9-3-1-2-4-13(9)18/h5-7,9,13,18H,1-4,8H2,(H,17,19). The van der Waals surface area contributed by atoms with E-state index in [2.05, 4.69) is 43.8 Å². The van der Waals surface area contributed by atoms with E-state index in [4.69, 9.17) is 0 Å². The molecule has 5 heteroatoms. The van der Waals surface area contributed by atoms with Gasteiger partial charge in [-0.3, -0.25) is 4.79 Å². The van der Waals surface area contributed by atoms with Crippen molar-refractivity contribution in [1.29, 1.82) is 0 Å². The third kappa shape index (κ3) is 4.16. The molecule has 1 aromatic rings. The highest BCUT2D eigenvalue weighted by molar-refractivity contribution is 14.1. The minimum atomic E-state index is -0.270. The van der Waals surface area contributed by atoms with Crippen molar-refractivity contribution in [3.63, 3.8) is 0 Å². The molecule has 1 saturated carbocycles. The van der Waals surface area contributed by atoms with Gasteiger partial charge in [0.2, 0.25) is 0 Å². The molecule has 104 valence electrons. The molecule has 1 amide bonds. The predicted octanol–water partition coefficient (Wildman–Crippen LogP) is 3.33. The molecule has 0 spiro atoms. The fourth-order valence-corrected chi connectivity index (χ4v) is 3.33. The lowest BCUT2D eigenvalue weighted by Crippen LogP contribution is -2.36. The number of hydrogen-bond donors (Lipinski definition) is 2. The molecule has 1 fully saturated rings. The highest BCUT2D eigenvalue weighted by Gasteiger charge is 2.23. The van der Waals surface area contributed by atoms with Crippen LogP contribution >= 0.6 is 38.5 Å². The second-order valence-corrected chi connectivity index (χ2v) is 7.05. The van der Waals surface area contributed by atoms with Gasteiger partial charge < -0.3 is 10.4 Å². The van der Waals surface area contributed by atoms with Gasteiger partial charge in [0, 0.05) is 20.5 Å². The minimum absolute atomic E-state index is 0.0804. The van der Waals surface area contributed by atoms with Crippen molar-refractivity contribution in [2.45, 2.75) is 31.8 Å². The van der Waals surface area contributed by atoms with E-state index < -0.39 is 0 Å². The predicted molar refractivity (Wildman–Crippen MR) is 87.2 cm³/mol. The Morgan fingerprint density at radius 1 is 1.42 bits per heavy atom. The van der Waals surface area contributed by atoms with E-state index in [1.165, 1.54) is 0 Å². The fourth-order valence-electron chi connectivity index (χ4n) is 2.42. The number of amides is 1. The number of carbonyl (C=O) groups excluding carboxylic acids is 1. The normalized spacial score (nSPS) is 23.1. The minimum Gasteiger partial charge on any atom is -0.393 e. The van der Waals surface area contributed by atoms with Crippen molar-refractivity contribution in [1.82, 2.24) is 5.32 Å². The number of rotatable bonds is 3. The van der Waals surface area contributed by atoms with E-state index in [1.54, 1.807) is 0 Å². The second-order valence-electron chi connectivity index (χ2n) is 4.95. The van der Waals surface area contributed by atoms with Crippen LogP contribution in [0, 0.1) is 9.49 Å². The third-order valence-electron chi connectivity index (χ3n) is 3.57. The summed E-state index contributed by atoms with van der Waals surface area (Å²) in [5, 5.41) is 12.8. The van der Waals surface area contributed by atoms with E-state index >= 15 is 0 Å². The quantitative estimate of drug-likeness (QED) is 0.712. The molecule has 19 heavy (non-hydrogen) atoms. The highest BCUT2D eigenvalue weighted by Crippen LogP contribution is 2.24. The monoisotopic (exact) mass is 437 g/mol. The van der Waals surface area contributed by atoms with Gasteiger partial charge in [-0.05, 0) is 69.6 Å². The van der Waals surface area contributed by atoms with Crippen LogP contribution in [0.5, 0.6) is 0 Å². The van der Waals surface area contributed by atoms with Crippen LogP contribution in [0.15, 0.2) is 22.7 Å². The number of benzene rings is 1. The summed E-state index contributed by atoms with van der Waals surface area (Å²) in [6, 6.07) is 5.69. The molecule has 0 bridgehead atoms. The zero-order chi connectivity index (χ0) is 13.8. The average Bonchev–Trinajstić information content (AvgIpc) is 2.40. The van der Waals surface area contributed by atoms with Crippen molar-refractivity contribution in [3.05, 3.63) is 31.8 Å². The van der Waals surface area contributed by atoms with E-state index in [-0.39, 0.29) is 17.9 Å². The summed E-state index contributed by atoms with van der Waals surface area (Å²) in [6.45, 7) is 0.553. The molecule has 2 atom stereocenters. The maximum Gasteiger partial charge on any atom is 0.252 e. The van der Waals surface area contributed by atoms with Crippen LogP contribution in [0.1, 0.15) is 36.0 Å². The third-order valence-corrected chi connectivity index (χ3v) is 4.93. The Balaban J connectivity index is 1.95. The Hall–Kier alpha value is -0.140. The Morgan fingerprint density at radius 2 is 2.16 bits per heavy atom. The van der Waals surface area contributed by atoms with Crippen LogP contribution in [-0.4, -0.2) is 23.7 Å². The Labute approximate surface area is 135 Å². The molecule has 2 N–H and O–H groups in total. The first-order valence-corrected chi connectivity index (χ1v) is 8.36. The zero-order valence-corrected chi connectivity index (χ0v) is 14.3. The molecule has 2 unspecified atom stereocenters. The number of carbonyl (C=O) groups is 1. The van der Waals surface area contributed by atoms with Crippen LogP contribution in [0.3, 0.4) is 0 Å². The zero-order valence-electron chi connectivity index (χ0n) is 10.5. The summed E-state index contributed by atoms with van der Waals surface area (Å²) < 4.78 is 1.83. The van der Waals surface area contributed by atoms with Crippen LogP contribution < -0.4 is 5.32 Å². The summed E-state index contributed by atoms with van der Waals surface area (Å²) in [4.78, 5) is 12.1.